The van der Waals surface area contributed by atoms with Gasteiger partial charge in [0.05, 0.1) is 0 Å². The maximum atomic E-state index is 13.3. The molecule has 4 rings (SSSR count). The van der Waals surface area contributed by atoms with Gasteiger partial charge in [0.1, 0.15) is 5.92 Å². The highest BCUT2D eigenvalue weighted by Crippen LogP contribution is 2.44. The Hall–Kier alpha value is -2.13. The quantitative estimate of drug-likeness (QED) is 0.779. The number of esters is 1. The standard InChI is InChI=1S/C22H25NO2/c1-23-19-13-8-15-22(23,16-14-19)25-21(24)20(17-9-4-2-5-10-17)18-11-6-3-7-12-18/h2-7,9-12,19-20H,8,13-16H2,1H3/t19-,22-/m1/s1. The van der Waals surface area contributed by atoms with E-state index in [1.165, 1.54) is 6.42 Å². The molecule has 2 aliphatic heterocycles. The number of carbonyl (C=O) groups excluding carboxylic acids is 1. The molecule has 0 aromatic heterocycles. The highest BCUT2D eigenvalue weighted by molar-refractivity contribution is 5.82. The summed E-state index contributed by atoms with van der Waals surface area (Å²) in [7, 11) is 2.12. The molecule has 0 saturated carbocycles. The minimum atomic E-state index is -0.401. The Bertz CT molecular complexity index is 687. The summed E-state index contributed by atoms with van der Waals surface area (Å²) in [6.07, 6.45) is 5.39. The first-order chi connectivity index (χ1) is 12.2. The predicted octanol–water partition coefficient (Wildman–Crippen LogP) is 4.34. The van der Waals surface area contributed by atoms with E-state index in [9.17, 15) is 4.79 Å². The number of hydrogen-bond acceptors (Lipinski definition) is 3. The van der Waals surface area contributed by atoms with Gasteiger partial charge in [-0.25, -0.2) is 0 Å². The summed E-state index contributed by atoms with van der Waals surface area (Å²) in [5.74, 6) is -0.502. The van der Waals surface area contributed by atoms with E-state index in [4.69, 9.17) is 4.74 Å². The van der Waals surface area contributed by atoms with Crippen molar-refractivity contribution < 1.29 is 9.53 Å². The third-order valence-corrected chi connectivity index (χ3v) is 5.96. The normalized spacial score (nSPS) is 25.9. The van der Waals surface area contributed by atoms with Crippen LogP contribution in [0.1, 0.15) is 49.1 Å². The van der Waals surface area contributed by atoms with E-state index in [2.05, 4.69) is 11.9 Å². The molecule has 2 saturated heterocycles. The number of hydrogen-bond donors (Lipinski definition) is 0. The van der Waals surface area contributed by atoms with Gasteiger partial charge in [-0.3, -0.25) is 9.69 Å². The Morgan fingerprint density at radius 3 is 2.20 bits per heavy atom. The summed E-state index contributed by atoms with van der Waals surface area (Å²) in [5, 5.41) is 0. The fraction of sp³-hybridized carbons (Fsp3) is 0.409. The molecule has 2 aromatic rings. The molecule has 0 unspecified atom stereocenters. The van der Waals surface area contributed by atoms with Crippen LogP contribution in [0.25, 0.3) is 0 Å². The molecule has 2 aliphatic rings. The van der Waals surface area contributed by atoms with E-state index in [1.807, 2.05) is 60.7 Å². The largest absolute Gasteiger partial charge is 0.443 e. The van der Waals surface area contributed by atoms with Gasteiger partial charge in [0, 0.05) is 18.9 Å². The molecule has 130 valence electrons. The lowest BCUT2D eigenvalue weighted by Crippen LogP contribution is -2.51. The Kier molecular flexibility index (Phi) is 4.34. The molecule has 3 heteroatoms. The zero-order chi connectivity index (χ0) is 17.3. The van der Waals surface area contributed by atoms with Crippen LogP contribution in [0.4, 0.5) is 0 Å². The molecular weight excluding hydrogens is 310 g/mol. The van der Waals surface area contributed by atoms with E-state index in [-0.39, 0.29) is 11.9 Å². The van der Waals surface area contributed by atoms with E-state index in [0.29, 0.717) is 6.04 Å². The molecule has 0 N–H and O–H groups in total. The lowest BCUT2D eigenvalue weighted by atomic mass is 9.91. The van der Waals surface area contributed by atoms with Crippen LogP contribution in [0.3, 0.4) is 0 Å². The van der Waals surface area contributed by atoms with Gasteiger partial charge in [-0.05, 0) is 37.4 Å². The molecule has 2 heterocycles. The minimum absolute atomic E-state index is 0.133. The molecular formula is C22H25NO2. The van der Waals surface area contributed by atoms with Crippen molar-refractivity contribution in [2.24, 2.45) is 0 Å². The van der Waals surface area contributed by atoms with E-state index in [1.54, 1.807) is 0 Å². The van der Waals surface area contributed by atoms with Crippen molar-refractivity contribution in [3.63, 3.8) is 0 Å². The zero-order valence-corrected chi connectivity index (χ0v) is 14.7. The molecule has 0 radical (unpaired) electrons. The van der Waals surface area contributed by atoms with Crippen LogP contribution in [0.5, 0.6) is 0 Å². The fourth-order valence-electron chi connectivity index (χ4n) is 4.52. The summed E-state index contributed by atoms with van der Waals surface area (Å²) < 4.78 is 6.24. The Balaban J connectivity index is 1.65. The third-order valence-electron chi connectivity index (χ3n) is 5.96. The topological polar surface area (TPSA) is 29.5 Å². The van der Waals surface area contributed by atoms with Gasteiger partial charge in [-0.1, -0.05) is 60.7 Å². The molecule has 2 fully saturated rings. The second-order valence-electron chi connectivity index (χ2n) is 7.32. The highest BCUT2D eigenvalue weighted by atomic mass is 16.6. The van der Waals surface area contributed by atoms with Crippen molar-refractivity contribution in [1.29, 1.82) is 0 Å². The van der Waals surface area contributed by atoms with Crippen LogP contribution in [0.15, 0.2) is 60.7 Å². The first-order valence-electron chi connectivity index (χ1n) is 9.25. The van der Waals surface area contributed by atoms with Gasteiger partial charge < -0.3 is 4.74 Å². The minimum Gasteiger partial charge on any atom is -0.443 e. The monoisotopic (exact) mass is 335 g/mol. The summed E-state index contributed by atoms with van der Waals surface area (Å²) in [5.41, 5.74) is 1.58. The number of piperidine rings is 1. The first kappa shape index (κ1) is 16.3. The van der Waals surface area contributed by atoms with E-state index >= 15 is 0 Å². The maximum absolute atomic E-state index is 13.3. The zero-order valence-electron chi connectivity index (χ0n) is 14.7. The van der Waals surface area contributed by atoms with Gasteiger partial charge in [0.25, 0.3) is 0 Å². The number of ether oxygens (including phenoxy) is 1. The van der Waals surface area contributed by atoms with Crippen molar-refractivity contribution >= 4 is 5.97 Å². The van der Waals surface area contributed by atoms with Crippen molar-refractivity contribution in [1.82, 2.24) is 4.90 Å². The smallest absolute Gasteiger partial charge is 0.319 e. The van der Waals surface area contributed by atoms with Crippen LogP contribution in [-0.4, -0.2) is 29.7 Å². The number of rotatable bonds is 4. The lowest BCUT2D eigenvalue weighted by Gasteiger charge is -2.42. The van der Waals surface area contributed by atoms with Gasteiger partial charge in [-0.15, -0.1) is 0 Å². The van der Waals surface area contributed by atoms with Crippen molar-refractivity contribution in [3.05, 3.63) is 71.8 Å². The van der Waals surface area contributed by atoms with Crippen molar-refractivity contribution in [3.8, 4) is 0 Å². The average molecular weight is 335 g/mol. The summed E-state index contributed by atoms with van der Waals surface area (Å²) in [6.45, 7) is 0. The van der Waals surface area contributed by atoms with Gasteiger partial charge in [-0.2, -0.15) is 0 Å². The molecule has 25 heavy (non-hydrogen) atoms. The molecule has 2 atom stereocenters. The number of carbonyl (C=O) groups is 1. The van der Waals surface area contributed by atoms with Crippen LogP contribution in [0, 0.1) is 0 Å². The molecule has 0 spiro atoms. The average Bonchev–Trinajstić information content (AvgIpc) is 2.82. The van der Waals surface area contributed by atoms with Crippen LogP contribution in [0.2, 0.25) is 0 Å². The van der Waals surface area contributed by atoms with Crippen LogP contribution < -0.4 is 0 Å². The molecule has 2 bridgehead atoms. The number of benzene rings is 2. The third kappa shape index (κ3) is 2.98. The molecule has 0 amide bonds. The summed E-state index contributed by atoms with van der Waals surface area (Å²) >= 11 is 0. The second-order valence-corrected chi connectivity index (χ2v) is 7.32. The SMILES string of the molecule is CN1[C@@H]2CCC[C@@]1(OC(=O)C(c1ccccc1)c1ccccc1)CC2. The lowest BCUT2D eigenvalue weighted by molar-refractivity contribution is -0.185. The van der Waals surface area contributed by atoms with Crippen molar-refractivity contribution in [2.75, 3.05) is 7.05 Å². The Morgan fingerprint density at radius 1 is 1.00 bits per heavy atom. The van der Waals surface area contributed by atoms with E-state index < -0.39 is 5.72 Å². The van der Waals surface area contributed by atoms with Gasteiger partial charge in [0.15, 0.2) is 5.72 Å². The van der Waals surface area contributed by atoms with Crippen molar-refractivity contribution in [2.45, 2.75) is 49.8 Å². The van der Waals surface area contributed by atoms with Gasteiger partial charge in [0.2, 0.25) is 0 Å². The second kappa shape index (κ2) is 6.64. The highest BCUT2D eigenvalue weighted by Gasteiger charge is 2.50. The van der Waals surface area contributed by atoms with Crippen LogP contribution >= 0.6 is 0 Å². The van der Waals surface area contributed by atoms with Gasteiger partial charge >= 0.3 is 5.97 Å². The Labute approximate surface area is 149 Å². The maximum Gasteiger partial charge on any atom is 0.319 e. The summed E-state index contributed by atoms with van der Waals surface area (Å²) in [4.78, 5) is 15.6. The van der Waals surface area contributed by atoms with Crippen LogP contribution in [-0.2, 0) is 9.53 Å². The van der Waals surface area contributed by atoms with E-state index in [0.717, 1.165) is 36.8 Å². The Morgan fingerprint density at radius 2 is 1.60 bits per heavy atom. The fourth-order valence-corrected chi connectivity index (χ4v) is 4.52. The number of fused-ring (bicyclic) bond motifs is 2. The number of nitrogens with zero attached hydrogens (tertiary/aromatic N) is 1. The first-order valence-corrected chi connectivity index (χ1v) is 9.25. The summed E-state index contributed by atoms with van der Waals surface area (Å²) in [6, 6.07) is 20.5. The molecule has 0 aliphatic carbocycles. The molecule has 3 nitrogen and oxygen atoms in total. The molecule has 2 aromatic carbocycles. The predicted molar refractivity (Wildman–Crippen MR) is 98.2 cm³/mol.